The summed E-state index contributed by atoms with van der Waals surface area (Å²) in [5, 5.41) is 4.20. The number of nitrogens with zero attached hydrogens (tertiary/aromatic N) is 2. The predicted molar refractivity (Wildman–Crippen MR) is 117 cm³/mol. The summed E-state index contributed by atoms with van der Waals surface area (Å²) in [5.74, 6) is 2.78. The molecule has 0 saturated heterocycles. The Bertz CT molecular complexity index is 1060. The van der Waals surface area contributed by atoms with Gasteiger partial charge in [-0.15, -0.1) is 0 Å². The standard InChI is InChI=1S/C24H26N2O6/c1-28-19-9-5-15(6-10-19)24(27)26(18-7-8-18)14-17-13-20(32-25-17)16-11-21(29-2)23(31-4)22(12-16)30-3/h5-6,9-13,18H,7-8,14H2,1-4H3. The van der Waals surface area contributed by atoms with Gasteiger partial charge in [0.1, 0.15) is 11.4 Å². The van der Waals surface area contributed by atoms with E-state index in [4.69, 9.17) is 23.5 Å². The molecule has 168 valence electrons. The zero-order valence-electron chi connectivity index (χ0n) is 18.6. The van der Waals surface area contributed by atoms with Crippen molar-refractivity contribution in [1.82, 2.24) is 10.1 Å². The number of aromatic nitrogens is 1. The van der Waals surface area contributed by atoms with E-state index in [1.807, 2.05) is 11.0 Å². The second kappa shape index (κ2) is 9.21. The summed E-state index contributed by atoms with van der Waals surface area (Å²) >= 11 is 0. The van der Waals surface area contributed by atoms with E-state index in [2.05, 4.69) is 5.16 Å². The molecule has 0 unspecified atom stereocenters. The molecule has 1 aliphatic rings. The highest BCUT2D eigenvalue weighted by Gasteiger charge is 2.34. The highest BCUT2D eigenvalue weighted by Crippen LogP contribution is 2.41. The van der Waals surface area contributed by atoms with Crippen molar-refractivity contribution >= 4 is 5.91 Å². The van der Waals surface area contributed by atoms with Gasteiger partial charge in [0.25, 0.3) is 5.91 Å². The zero-order chi connectivity index (χ0) is 22.7. The Morgan fingerprint density at radius 1 is 0.969 bits per heavy atom. The SMILES string of the molecule is COc1ccc(C(=O)N(Cc2cc(-c3cc(OC)c(OC)c(OC)c3)on2)C2CC2)cc1. The highest BCUT2D eigenvalue weighted by molar-refractivity contribution is 5.94. The lowest BCUT2D eigenvalue weighted by Crippen LogP contribution is -2.32. The smallest absolute Gasteiger partial charge is 0.254 e. The number of carbonyl (C=O) groups excluding carboxylic acids is 1. The summed E-state index contributed by atoms with van der Waals surface area (Å²) in [6, 6.07) is 12.8. The molecule has 0 bridgehead atoms. The number of rotatable bonds is 9. The summed E-state index contributed by atoms with van der Waals surface area (Å²) < 4.78 is 27.0. The van der Waals surface area contributed by atoms with Gasteiger partial charge in [0.05, 0.1) is 35.0 Å². The lowest BCUT2D eigenvalue weighted by Gasteiger charge is -2.21. The van der Waals surface area contributed by atoms with Gasteiger partial charge in [-0.05, 0) is 49.2 Å². The lowest BCUT2D eigenvalue weighted by atomic mass is 10.1. The van der Waals surface area contributed by atoms with Gasteiger partial charge >= 0.3 is 0 Å². The highest BCUT2D eigenvalue weighted by atomic mass is 16.5. The number of benzene rings is 2. The average Bonchev–Trinajstić information content (AvgIpc) is 3.58. The van der Waals surface area contributed by atoms with Crippen LogP contribution in [0.15, 0.2) is 47.0 Å². The molecular weight excluding hydrogens is 412 g/mol. The third-order valence-corrected chi connectivity index (χ3v) is 5.43. The molecule has 0 aliphatic heterocycles. The van der Waals surface area contributed by atoms with Crippen LogP contribution >= 0.6 is 0 Å². The second-order valence-electron chi connectivity index (χ2n) is 7.49. The minimum absolute atomic E-state index is 0.0347. The summed E-state index contributed by atoms with van der Waals surface area (Å²) in [6.07, 6.45) is 1.97. The van der Waals surface area contributed by atoms with E-state index in [1.54, 1.807) is 64.8 Å². The van der Waals surface area contributed by atoms with E-state index in [-0.39, 0.29) is 11.9 Å². The molecule has 0 radical (unpaired) electrons. The van der Waals surface area contributed by atoms with Crippen molar-refractivity contribution in [1.29, 1.82) is 0 Å². The Balaban J connectivity index is 1.57. The Labute approximate surface area is 186 Å². The molecule has 32 heavy (non-hydrogen) atoms. The van der Waals surface area contributed by atoms with E-state index in [0.717, 1.165) is 18.4 Å². The van der Waals surface area contributed by atoms with E-state index in [9.17, 15) is 4.79 Å². The predicted octanol–water partition coefficient (Wildman–Crippen LogP) is 4.18. The van der Waals surface area contributed by atoms with Crippen LogP contribution in [-0.2, 0) is 6.54 Å². The first-order valence-electron chi connectivity index (χ1n) is 10.3. The van der Waals surface area contributed by atoms with Crippen LogP contribution in [0.25, 0.3) is 11.3 Å². The number of hydrogen-bond donors (Lipinski definition) is 0. The molecule has 0 atom stereocenters. The van der Waals surface area contributed by atoms with E-state index < -0.39 is 0 Å². The van der Waals surface area contributed by atoms with Crippen molar-refractivity contribution in [3.8, 4) is 34.3 Å². The first kappa shape index (κ1) is 21.5. The summed E-state index contributed by atoms with van der Waals surface area (Å²) in [6.45, 7) is 0.365. The molecule has 4 rings (SSSR count). The van der Waals surface area contributed by atoms with Crippen LogP contribution in [0.4, 0.5) is 0 Å². The molecule has 2 aromatic carbocycles. The molecule has 3 aromatic rings. The van der Waals surface area contributed by atoms with Crippen molar-refractivity contribution in [2.45, 2.75) is 25.4 Å². The van der Waals surface area contributed by atoms with Crippen LogP contribution in [0.3, 0.4) is 0 Å². The molecule has 0 N–H and O–H groups in total. The lowest BCUT2D eigenvalue weighted by molar-refractivity contribution is 0.0726. The number of carbonyl (C=O) groups is 1. The van der Waals surface area contributed by atoms with Gasteiger partial charge in [0.2, 0.25) is 5.75 Å². The van der Waals surface area contributed by atoms with Crippen LogP contribution in [0.5, 0.6) is 23.0 Å². The van der Waals surface area contributed by atoms with E-state index in [0.29, 0.717) is 46.6 Å². The van der Waals surface area contributed by atoms with Gasteiger partial charge in [0.15, 0.2) is 17.3 Å². The van der Waals surface area contributed by atoms with Gasteiger partial charge in [-0.3, -0.25) is 4.79 Å². The van der Waals surface area contributed by atoms with Gasteiger partial charge in [0, 0.05) is 23.2 Å². The Morgan fingerprint density at radius 3 is 2.16 bits per heavy atom. The summed E-state index contributed by atoms with van der Waals surface area (Å²) in [5.41, 5.74) is 2.02. The quantitative estimate of drug-likeness (QED) is 0.496. The van der Waals surface area contributed by atoms with Crippen LogP contribution in [-0.4, -0.2) is 50.4 Å². The Morgan fingerprint density at radius 2 is 1.62 bits per heavy atom. The van der Waals surface area contributed by atoms with Gasteiger partial charge < -0.3 is 28.4 Å². The van der Waals surface area contributed by atoms with Crippen molar-refractivity contribution < 1.29 is 28.3 Å². The molecule has 1 amide bonds. The molecular formula is C24H26N2O6. The molecule has 1 heterocycles. The number of ether oxygens (including phenoxy) is 4. The molecule has 8 nitrogen and oxygen atoms in total. The van der Waals surface area contributed by atoms with E-state index >= 15 is 0 Å². The molecule has 0 spiro atoms. The third kappa shape index (κ3) is 4.34. The topological polar surface area (TPSA) is 83.3 Å². The fourth-order valence-electron chi connectivity index (χ4n) is 3.57. The minimum atomic E-state index is -0.0347. The molecule has 8 heteroatoms. The minimum Gasteiger partial charge on any atom is -0.497 e. The maximum absolute atomic E-state index is 13.1. The first-order chi connectivity index (χ1) is 15.6. The zero-order valence-corrected chi connectivity index (χ0v) is 18.6. The first-order valence-corrected chi connectivity index (χ1v) is 10.3. The second-order valence-corrected chi connectivity index (χ2v) is 7.49. The molecule has 1 saturated carbocycles. The Kier molecular flexibility index (Phi) is 6.20. The largest absolute Gasteiger partial charge is 0.497 e. The maximum Gasteiger partial charge on any atom is 0.254 e. The summed E-state index contributed by atoms with van der Waals surface area (Å²) in [4.78, 5) is 15.0. The van der Waals surface area contributed by atoms with Crippen molar-refractivity contribution in [3.63, 3.8) is 0 Å². The van der Waals surface area contributed by atoms with Crippen LogP contribution in [0.1, 0.15) is 28.9 Å². The number of hydrogen-bond acceptors (Lipinski definition) is 7. The average molecular weight is 438 g/mol. The van der Waals surface area contributed by atoms with Crippen molar-refractivity contribution in [3.05, 3.63) is 53.7 Å². The van der Waals surface area contributed by atoms with Crippen LogP contribution in [0, 0.1) is 0 Å². The molecule has 1 aromatic heterocycles. The number of amides is 1. The normalized spacial score (nSPS) is 12.9. The Hall–Kier alpha value is -3.68. The van der Waals surface area contributed by atoms with Gasteiger partial charge in [-0.2, -0.15) is 0 Å². The fraction of sp³-hybridized carbons (Fsp3) is 0.333. The van der Waals surface area contributed by atoms with Crippen molar-refractivity contribution in [2.24, 2.45) is 0 Å². The third-order valence-electron chi connectivity index (χ3n) is 5.43. The molecule has 1 fully saturated rings. The number of methoxy groups -OCH3 is 4. The summed E-state index contributed by atoms with van der Waals surface area (Å²) in [7, 11) is 6.28. The molecule has 1 aliphatic carbocycles. The monoisotopic (exact) mass is 438 g/mol. The van der Waals surface area contributed by atoms with Gasteiger partial charge in [-0.25, -0.2) is 0 Å². The van der Waals surface area contributed by atoms with E-state index in [1.165, 1.54) is 0 Å². The fourth-order valence-corrected chi connectivity index (χ4v) is 3.57. The van der Waals surface area contributed by atoms with Crippen LogP contribution < -0.4 is 18.9 Å². The van der Waals surface area contributed by atoms with Gasteiger partial charge in [-0.1, -0.05) is 5.16 Å². The maximum atomic E-state index is 13.1. The van der Waals surface area contributed by atoms with Crippen LogP contribution in [0.2, 0.25) is 0 Å². The van der Waals surface area contributed by atoms with Crippen molar-refractivity contribution in [2.75, 3.05) is 28.4 Å².